The van der Waals surface area contributed by atoms with Crippen LogP contribution < -0.4 is 0 Å². The van der Waals surface area contributed by atoms with Crippen molar-refractivity contribution >= 4 is 20.3 Å². The van der Waals surface area contributed by atoms with Gasteiger partial charge in [-0.1, -0.05) is 51.1 Å². The molecule has 0 bridgehead atoms. The Morgan fingerprint density at radius 3 is 2.33 bits per heavy atom. The zero-order chi connectivity index (χ0) is 20.4. The molecular weight excluding hydrogens is 360 g/mol. The summed E-state index contributed by atoms with van der Waals surface area (Å²) in [6.07, 6.45) is 0.0666. The average molecular weight is 391 g/mol. The molecule has 1 N–H and O–H groups in total. The highest BCUT2D eigenvalue weighted by molar-refractivity contribution is 6.74. The molecule has 148 valence electrons. The van der Waals surface area contributed by atoms with Crippen molar-refractivity contribution < 1.29 is 23.9 Å². The van der Waals surface area contributed by atoms with Crippen molar-refractivity contribution in [1.82, 2.24) is 0 Å². The van der Waals surface area contributed by atoms with Gasteiger partial charge in [-0.05, 0) is 36.7 Å². The first kappa shape index (κ1) is 21.4. The Kier molecular flexibility index (Phi) is 6.32. The van der Waals surface area contributed by atoms with Gasteiger partial charge in [0.1, 0.15) is 6.61 Å². The molecule has 0 heterocycles. The van der Waals surface area contributed by atoms with Crippen molar-refractivity contribution in [2.24, 2.45) is 11.8 Å². The van der Waals surface area contributed by atoms with Crippen molar-refractivity contribution in [3.05, 3.63) is 48.0 Å². The first-order valence-electron chi connectivity index (χ1n) is 9.25. The van der Waals surface area contributed by atoms with E-state index in [1.165, 1.54) is 0 Å². The number of ether oxygens (including phenoxy) is 1. The van der Waals surface area contributed by atoms with E-state index in [9.17, 15) is 14.7 Å². The van der Waals surface area contributed by atoms with Gasteiger partial charge in [-0.15, -0.1) is 0 Å². The second-order valence-corrected chi connectivity index (χ2v) is 13.4. The second-order valence-electron chi connectivity index (χ2n) is 8.69. The molecule has 1 aliphatic rings. The molecule has 1 fully saturated rings. The minimum atomic E-state index is -2.10. The quantitative estimate of drug-likeness (QED) is 0.439. The van der Waals surface area contributed by atoms with Crippen LogP contribution in [0, 0.1) is 11.8 Å². The lowest BCUT2D eigenvalue weighted by atomic mass is 9.99. The van der Waals surface area contributed by atoms with Gasteiger partial charge in [0.15, 0.2) is 8.32 Å². The number of hydrogen-bond acceptors (Lipinski definition) is 4. The Balaban J connectivity index is 2.15. The molecule has 1 aromatic rings. The van der Waals surface area contributed by atoms with E-state index in [4.69, 9.17) is 9.16 Å². The SMILES string of the molecule is C=C1[C@H](C(=O)O)C[C@H](O[Si](C)(C)C(C)(C)C)[C@H]1COC(=O)c1ccccc1. The first-order valence-corrected chi connectivity index (χ1v) is 12.2. The third-order valence-corrected chi connectivity index (χ3v) is 10.3. The molecule has 27 heavy (non-hydrogen) atoms. The maximum Gasteiger partial charge on any atom is 0.338 e. The maximum atomic E-state index is 12.3. The normalized spacial score (nSPS) is 23.3. The molecule has 5 nitrogen and oxygen atoms in total. The van der Waals surface area contributed by atoms with Crippen LogP contribution >= 0.6 is 0 Å². The van der Waals surface area contributed by atoms with Crippen LogP contribution in [0.3, 0.4) is 0 Å². The number of benzene rings is 1. The van der Waals surface area contributed by atoms with Gasteiger partial charge in [0.25, 0.3) is 0 Å². The van der Waals surface area contributed by atoms with Gasteiger partial charge < -0.3 is 14.3 Å². The Morgan fingerprint density at radius 2 is 1.81 bits per heavy atom. The lowest BCUT2D eigenvalue weighted by Gasteiger charge is -2.39. The maximum absolute atomic E-state index is 12.3. The third kappa shape index (κ3) is 4.87. The number of carbonyl (C=O) groups excluding carboxylic acids is 1. The number of hydrogen-bond donors (Lipinski definition) is 1. The number of carboxylic acids is 1. The summed E-state index contributed by atoms with van der Waals surface area (Å²) in [5.41, 5.74) is 1.05. The van der Waals surface area contributed by atoms with Gasteiger partial charge in [-0.2, -0.15) is 0 Å². The zero-order valence-electron chi connectivity index (χ0n) is 16.8. The van der Waals surface area contributed by atoms with Crippen LogP contribution in [0.15, 0.2) is 42.5 Å². The molecule has 0 radical (unpaired) electrons. The van der Waals surface area contributed by atoms with Crippen molar-refractivity contribution in [3.8, 4) is 0 Å². The van der Waals surface area contributed by atoms with E-state index < -0.39 is 26.2 Å². The molecule has 0 saturated heterocycles. The zero-order valence-corrected chi connectivity index (χ0v) is 17.8. The van der Waals surface area contributed by atoms with Crippen molar-refractivity contribution in [2.45, 2.75) is 51.4 Å². The highest BCUT2D eigenvalue weighted by Crippen LogP contribution is 2.44. The lowest BCUT2D eigenvalue weighted by molar-refractivity contribution is -0.140. The molecule has 1 saturated carbocycles. The third-order valence-electron chi connectivity index (χ3n) is 5.79. The standard InChI is InChI=1S/C21H30O5Si/c1-14-16(19(22)23)12-18(26-27(5,6)21(2,3)4)17(14)13-25-20(24)15-10-8-7-9-11-15/h7-11,16-18H,1,12-13H2,2-6H3,(H,22,23)/t16-,17+,18+/m1/s1. The second kappa shape index (κ2) is 7.98. The Hall–Kier alpha value is -1.92. The summed E-state index contributed by atoms with van der Waals surface area (Å²) in [5, 5.41) is 9.52. The van der Waals surface area contributed by atoms with Crippen LogP contribution in [0.1, 0.15) is 37.6 Å². The molecule has 0 aromatic heterocycles. The minimum absolute atomic E-state index is 0.000902. The molecule has 6 heteroatoms. The fraction of sp³-hybridized carbons (Fsp3) is 0.524. The number of aliphatic carboxylic acids is 1. The molecule has 0 unspecified atom stereocenters. The number of carboxylic acid groups (broad SMARTS) is 1. The predicted octanol–water partition coefficient (Wildman–Crippen LogP) is 4.51. The van der Waals surface area contributed by atoms with Crippen LogP contribution in [0.25, 0.3) is 0 Å². The van der Waals surface area contributed by atoms with E-state index in [1.54, 1.807) is 24.3 Å². The summed E-state index contributed by atoms with van der Waals surface area (Å²) < 4.78 is 12.0. The van der Waals surface area contributed by atoms with E-state index in [0.717, 1.165) is 0 Å². The van der Waals surface area contributed by atoms with Crippen LogP contribution in [-0.4, -0.2) is 38.1 Å². The van der Waals surface area contributed by atoms with E-state index >= 15 is 0 Å². The van der Waals surface area contributed by atoms with Crippen molar-refractivity contribution in [3.63, 3.8) is 0 Å². The number of rotatable bonds is 6. The summed E-state index contributed by atoms with van der Waals surface area (Å²) in [6.45, 7) is 14.8. The number of esters is 1. The highest BCUT2D eigenvalue weighted by atomic mass is 28.4. The van der Waals surface area contributed by atoms with Gasteiger partial charge in [-0.25, -0.2) is 4.79 Å². The van der Waals surface area contributed by atoms with Gasteiger partial charge in [0.05, 0.1) is 17.6 Å². The summed E-state index contributed by atoms with van der Waals surface area (Å²) in [4.78, 5) is 23.9. The predicted molar refractivity (Wildman–Crippen MR) is 107 cm³/mol. The highest BCUT2D eigenvalue weighted by Gasteiger charge is 2.47. The monoisotopic (exact) mass is 390 g/mol. The van der Waals surface area contributed by atoms with E-state index in [1.807, 2.05) is 6.07 Å². The topological polar surface area (TPSA) is 72.8 Å². The van der Waals surface area contributed by atoms with Crippen molar-refractivity contribution in [1.29, 1.82) is 0 Å². The average Bonchev–Trinajstić information content (AvgIpc) is 2.88. The van der Waals surface area contributed by atoms with Crippen molar-refractivity contribution in [2.75, 3.05) is 6.61 Å². The summed E-state index contributed by atoms with van der Waals surface area (Å²) in [7, 11) is -2.10. The summed E-state index contributed by atoms with van der Waals surface area (Å²) >= 11 is 0. The fourth-order valence-electron chi connectivity index (χ4n) is 3.03. The van der Waals surface area contributed by atoms with Crippen LogP contribution in [0.5, 0.6) is 0 Å². The largest absolute Gasteiger partial charge is 0.481 e. The smallest absolute Gasteiger partial charge is 0.338 e. The van der Waals surface area contributed by atoms with Gasteiger partial charge in [0, 0.05) is 5.92 Å². The molecular formula is C21H30O5Si. The Bertz CT molecular complexity index is 705. The molecule has 3 atom stereocenters. The fourth-order valence-corrected chi connectivity index (χ4v) is 4.40. The molecule has 0 aliphatic heterocycles. The molecule has 1 aromatic carbocycles. The minimum Gasteiger partial charge on any atom is -0.481 e. The Labute approximate surface area is 162 Å². The molecule has 0 spiro atoms. The summed E-state index contributed by atoms with van der Waals surface area (Å²) in [5.74, 6) is -2.30. The lowest BCUT2D eigenvalue weighted by Crippen LogP contribution is -2.45. The van der Waals surface area contributed by atoms with Gasteiger partial charge >= 0.3 is 11.9 Å². The van der Waals surface area contributed by atoms with Crippen LogP contribution in [0.4, 0.5) is 0 Å². The molecule has 1 aliphatic carbocycles. The molecule has 2 rings (SSSR count). The van der Waals surface area contributed by atoms with E-state index in [0.29, 0.717) is 17.6 Å². The van der Waals surface area contributed by atoms with Gasteiger partial charge in [0.2, 0.25) is 0 Å². The molecule has 0 amide bonds. The Morgan fingerprint density at radius 1 is 1.22 bits per heavy atom. The summed E-state index contributed by atoms with van der Waals surface area (Å²) in [6, 6.07) is 8.75. The van der Waals surface area contributed by atoms with Gasteiger partial charge in [-0.3, -0.25) is 4.79 Å². The van der Waals surface area contributed by atoms with Crippen LogP contribution in [-0.2, 0) is 14.0 Å². The first-order chi connectivity index (χ1) is 12.4. The van der Waals surface area contributed by atoms with Crippen LogP contribution in [0.2, 0.25) is 18.1 Å². The van der Waals surface area contributed by atoms with E-state index in [2.05, 4.69) is 40.4 Å². The van der Waals surface area contributed by atoms with E-state index in [-0.39, 0.29) is 23.7 Å². The number of carbonyl (C=O) groups is 2.